The van der Waals surface area contributed by atoms with Crippen molar-refractivity contribution in [1.29, 1.82) is 0 Å². The van der Waals surface area contributed by atoms with Crippen LogP contribution in [0.4, 0.5) is 13.2 Å². The molecule has 94 valence electrons. The van der Waals surface area contributed by atoms with Gasteiger partial charge in [-0.3, -0.25) is 0 Å². The number of aliphatic hydroxyl groups is 2. The smallest absolute Gasteiger partial charge is 0.390 e. The van der Waals surface area contributed by atoms with Gasteiger partial charge in [-0.2, -0.15) is 13.2 Å². The van der Waals surface area contributed by atoms with Gasteiger partial charge in [0.15, 0.2) is 0 Å². The standard InChI is InChI=1S/C12H13F3O2/c13-12(14,15)9-3-1-2-8(6-9)11(17)10(16)7-4-5-7/h1-3,6-7,10-11,16-17H,4-5H2. The van der Waals surface area contributed by atoms with Gasteiger partial charge in [0.25, 0.3) is 0 Å². The fraction of sp³-hybridized carbons (Fsp3) is 0.500. The first-order valence-corrected chi connectivity index (χ1v) is 5.43. The third-order valence-corrected chi connectivity index (χ3v) is 2.98. The van der Waals surface area contributed by atoms with Gasteiger partial charge in [-0.1, -0.05) is 12.1 Å². The maximum absolute atomic E-state index is 12.5. The molecule has 1 saturated carbocycles. The second kappa shape index (κ2) is 4.31. The highest BCUT2D eigenvalue weighted by atomic mass is 19.4. The van der Waals surface area contributed by atoms with Gasteiger partial charge in [0.1, 0.15) is 6.10 Å². The SMILES string of the molecule is OC(c1cccc(C(F)(F)F)c1)C(O)C1CC1. The minimum atomic E-state index is -4.43. The maximum atomic E-state index is 12.5. The molecule has 0 aliphatic heterocycles. The van der Waals surface area contributed by atoms with Crippen LogP contribution in [0.2, 0.25) is 0 Å². The highest BCUT2D eigenvalue weighted by Gasteiger charge is 2.36. The van der Waals surface area contributed by atoms with Crippen molar-refractivity contribution in [1.82, 2.24) is 0 Å². The molecule has 0 aromatic heterocycles. The lowest BCUT2D eigenvalue weighted by Crippen LogP contribution is -2.20. The van der Waals surface area contributed by atoms with Gasteiger partial charge in [0, 0.05) is 0 Å². The third kappa shape index (κ3) is 2.79. The van der Waals surface area contributed by atoms with Crippen LogP contribution in [0.25, 0.3) is 0 Å². The summed E-state index contributed by atoms with van der Waals surface area (Å²) >= 11 is 0. The first-order chi connectivity index (χ1) is 7.89. The van der Waals surface area contributed by atoms with Gasteiger partial charge in [-0.05, 0) is 36.5 Å². The zero-order valence-corrected chi connectivity index (χ0v) is 8.98. The minimum absolute atomic E-state index is 0.0135. The molecule has 1 aromatic rings. The predicted molar refractivity (Wildman–Crippen MR) is 55.1 cm³/mol. The number of hydrogen-bond donors (Lipinski definition) is 2. The molecule has 0 radical (unpaired) electrons. The van der Waals surface area contributed by atoms with Crippen LogP contribution in [0.15, 0.2) is 24.3 Å². The second-order valence-corrected chi connectivity index (χ2v) is 4.40. The van der Waals surface area contributed by atoms with Crippen LogP contribution in [0.5, 0.6) is 0 Å². The predicted octanol–water partition coefficient (Wildman–Crippen LogP) is 2.51. The molecule has 0 saturated heterocycles. The lowest BCUT2D eigenvalue weighted by atomic mass is 9.99. The summed E-state index contributed by atoms with van der Waals surface area (Å²) < 4.78 is 37.4. The van der Waals surface area contributed by atoms with E-state index in [1.165, 1.54) is 12.1 Å². The summed E-state index contributed by atoms with van der Waals surface area (Å²) in [5.74, 6) is 0.0135. The molecule has 2 N–H and O–H groups in total. The minimum Gasteiger partial charge on any atom is -0.390 e. The normalized spacial score (nSPS) is 20.1. The fourth-order valence-electron chi connectivity index (χ4n) is 1.79. The zero-order valence-electron chi connectivity index (χ0n) is 8.98. The number of rotatable bonds is 3. The monoisotopic (exact) mass is 246 g/mol. The van der Waals surface area contributed by atoms with Crippen molar-refractivity contribution in [2.45, 2.75) is 31.2 Å². The van der Waals surface area contributed by atoms with Crippen LogP contribution in [0, 0.1) is 5.92 Å². The van der Waals surface area contributed by atoms with Crippen molar-refractivity contribution in [3.05, 3.63) is 35.4 Å². The lowest BCUT2D eigenvalue weighted by Gasteiger charge is -2.18. The average Bonchev–Trinajstić information content (AvgIpc) is 3.10. The van der Waals surface area contributed by atoms with Gasteiger partial charge in [0.2, 0.25) is 0 Å². The van der Waals surface area contributed by atoms with Crippen molar-refractivity contribution < 1.29 is 23.4 Å². The number of halogens is 3. The average molecular weight is 246 g/mol. The fourth-order valence-corrected chi connectivity index (χ4v) is 1.79. The molecule has 1 fully saturated rings. The van der Waals surface area contributed by atoms with Gasteiger partial charge in [-0.15, -0.1) is 0 Å². The van der Waals surface area contributed by atoms with Gasteiger partial charge in [-0.25, -0.2) is 0 Å². The van der Waals surface area contributed by atoms with E-state index >= 15 is 0 Å². The van der Waals surface area contributed by atoms with E-state index in [4.69, 9.17) is 0 Å². The summed E-state index contributed by atoms with van der Waals surface area (Å²) in [6.45, 7) is 0. The molecule has 2 atom stereocenters. The van der Waals surface area contributed by atoms with Crippen molar-refractivity contribution in [2.75, 3.05) is 0 Å². The quantitative estimate of drug-likeness (QED) is 0.860. The van der Waals surface area contributed by atoms with E-state index in [1.807, 2.05) is 0 Å². The van der Waals surface area contributed by atoms with Crippen LogP contribution in [0.1, 0.15) is 30.1 Å². The zero-order chi connectivity index (χ0) is 12.6. The Balaban J connectivity index is 2.20. The van der Waals surface area contributed by atoms with Crippen molar-refractivity contribution >= 4 is 0 Å². The van der Waals surface area contributed by atoms with Crippen molar-refractivity contribution in [2.24, 2.45) is 5.92 Å². The van der Waals surface area contributed by atoms with E-state index < -0.39 is 23.9 Å². The van der Waals surface area contributed by atoms with Crippen molar-refractivity contribution in [3.8, 4) is 0 Å². The topological polar surface area (TPSA) is 40.5 Å². The first kappa shape index (κ1) is 12.4. The van der Waals surface area contributed by atoms with Crippen LogP contribution >= 0.6 is 0 Å². The summed E-state index contributed by atoms with van der Waals surface area (Å²) in [5.41, 5.74) is -0.698. The molecular formula is C12H13F3O2. The Hall–Kier alpha value is -1.07. The molecule has 2 rings (SSSR count). The van der Waals surface area contributed by atoms with E-state index in [-0.39, 0.29) is 11.5 Å². The second-order valence-electron chi connectivity index (χ2n) is 4.40. The van der Waals surface area contributed by atoms with E-state index in [2.05, 4.69) is 0 Å². The molecule has 5 heteroatoms. The van der Waals surface area contributed by atoms with Gasteiger partial charge >= 0.3 is 6.18 Å². The summed E-state index contributed by atoms with van der Waals surface area (Å²) in [4.78, 5) is 0. The molecule has 0 spiro atoms. The van der Waals surface area contributed by atoms with Gasteiger partial charge in [0.05, 0.1) is 11.7 Å². The summed E-state index contributed by atoms with van der Waals surface area (Å²) in [7, 11) is 0. The number of benzene rings is 1. The molecule has 2 unspecified atom stereocenters. The summed E-state index contributed by atoms with van der Waals surface area (Å²) in [6.07, 6.45) is -5.02. The Bertz CT molecular complexity index is 399. The van der Waals surface area contributed by atoms with E-state index in [0.29, 0.717) is 0 Å². The van der Waals surface area contributed by atoms with E-state index in [9.17, 15) is 23.4 Å². The van der Waals surface area contributed by atoms with E-state index in [0.717, 1.165) is 25.0 Å². The molecule has 1 aromatic carbocycles. The molecular weight excluding hydrogens is 233 g/mol. The summed E-state index contributed by atoms with van der Waals surface area (Å²) in [6, 6.07) is 4.46. The van der Waals surface area contributed by atoms with Crippen LogP contribution < -0.4 is 0 Å². The van der Waals surface area contributed by atoms with Gasteiger partial charge < -0.3 is 10.2 Å². The van der Waals surface area contributed by atoms with E-state index in [1.54, 1.807) is 0 Å². The number of alkyl halides is 3. The molecule has 2 nitrogen and oxygen atoms in total. The molecule has 1 aliphatic rings. The van der Waals surface area contributed by atoms with Crippen LogP contribution in [-0.4, -0.2) is 16.3 Å². The highest BCUT2D eigenvalue weighted by Crippen LogP contribution is 2.39. The Morgan fingerprint density at radius 2 is 1.82 bits per heavy atom. The Kier molecular flexibility index (Phi) is 3.14. The molecule has 0 bridgehead atoms. The summed E-state index contributed by atoms with van der Waals surface area (Å²) in [5, 5.41) is 19.4. The Morgan fingerprint density at radius 3 is 2.35 bits per heavy atom. The first-order valence-electron chi connectivity index (χ1n) is 5.43. The molecule has 1 aliphatic carbocycles. The van der Waals surface area contributed by atoms with Crippen LogP contribution in [0.3, 0.4) is 0 Å². The van der Waals surface area contributed by atoms with Crippen LogP contribution in [-0.2, 0) is 6.18 Å². The maximum Gasteiger partial charge on any atom is 0.416 e. The lowest BCUT2D eigenvalue weighted by molar-refractivity contribution is -0.137. The highest BCUT2D eigenvalue weighted by molar-refractivity contribution is 5.28. The number of hydrogen-bond acceptors (Lipinski definition) is 2. The van der Waals surface area contributed by atoms with Crippen molar-refractivity contribution in [3.63, 3.8) is 0 Å². The molecule has 0 amide bonds. The third-order valence-electron chi connectivity index (χ3n) is 2.98. The Labute approximate surface area is 96.7 Å². The number of aliphatic hydroxyl groups excluding tert-OH is 2. The molecule has 0 heterocycles. The Morgan fingerprint density at radius 1 is 1.18 bits per heavy atom. The molecule has 17 heavy (non-hydrogen) atoms. The largest absolute Gasteiger partial charge is 0.416 e.